The number of carbonyl (C=O) groups excluding carboxylic acids is 1. The fourth-order valence-electron chi connectivity index (χ4n) is 1.97. The van der Waals surface area contributed by atoms with Gasteiger partial charge in [-0.3, -0.25) is 4.79 Å². The lowest BCUT2D eigenvalue weighted by Crippen LogP contribution is -2.34. The van der Waals surface area contributed by atoms with Crippen LogP contribution in [0, 0.1) is 5.92 Å². The quantitative estimate of drug-likeness (QED) is 0.834. The van der Waals surface area contributed by atoms with Gasteiger partial charge in [0.05, 0.1) is 14.2 Å². The van der Waals surface area contributed by atoms with Crippen molar-refractivity contribution in [2.45, 2.75) is 26.3 Å². The summed E-state index contributed by atoms with van der Waals surface area (Å²) in [5.74, 6) is 1.52. The van der Waals surface area contributed by atoms with Gasteiger partial charge in [-0.1, -0.05) is 13.8 Å². The van der Waals surface area contributed by atoms with Crippen LogP contribution in [0.25, 0.3) is 0 Å². The first-order valence-corrected chi connectivity index (χ1v) is 7.13. The maximum atomic E-state index is 12.4. The van der Waals surface area contributed by atoms with Gasteiger partial charge in [0, 0.05) is 25.2 Å². The normalized spacial score (nSPS) is 11.6. The first-order valence-electron chi connectivity index (χ1n) is 7.13. The molecule has 22 heavy (non-hydrogen) atoms. The Bertz CT molecular complexity index is 480. The summed E-state index contributed by atoms with van der Waals surface area (Å²) in [5.41, 5.74) is 6.59. The molecule has 0 aromatic heterocycles. The molecule has 0 aliphatic rings. The lowest BCUT2D eigenvalue weighted by molar-refractivity contribution is 0.0788. The molecule has 0 radical (unpaired) electrons. The van der Waals surface area contributed by atoms with E-state index in [9.17, 15) is 4.79 Å². The van der Waals surface area contributed by atoms with Crippen LogP contribution in [-0.4, -0.2) is 44.7 Å². The average Bonchev–Trinajstić information content (AvgIpc) is 2.50. The van der Waals surface area contributed by atoms with Gasteiger partial charge in [-0.2, -0.15) is 0 Å². The second-order valence-corrected chi connectivity index (χ2v) is 5.49. The Morgan fingerprint density at radius 2 is 1.82 bits per heavy atom. The highest BCUT2D eigenvalue weighted by atomic mass is 35.5. The summed E-state index contributed by atoms with van der Waals surface area (Å²) < 4.78 is 10.4. The van der Waals surface area contributed by atoms with E-state index in [4.69, 9.17) is 15.2 Å². The van der Waals surface area contributed by atoms with Crippen molar-refractivity contribution in [1.29, 1.82) is 0 Å². The summed E-state index contributed by atoms with van der Waals surface area (Å²) in [6, 6.07) is 5.27. The van der Waals surface area contributed by atoms with E-state index >= 15 is 0 Å². The van der Waals surface area contributed by atoms with E-state index in [1.807, 2.05) is 0 Å². The van der Waals surface area contributed by atoms with Crippen molar-refractivity contribution < 1.29 is 14.3 Å². The van der Waals surface area contributed by atoms with Crippen LogP contribution in [0.1, 0.15) is 30.6 Å². The van der Waals surface area contributed by atoms with Crippen molar-refractivity contribution in [3.8, 4) is 11.5 Å². The Labute approximate surface area is 139 Å². The number of amides is 1. The Balaban J connectivity index is 0.00000441. The molecule has 1 amide bonds. The zero-order valence-electron chi connectivity index (χ0n) is 14.0. The molecule has 0 aliphatic carbocycles. The van der Waals surface area contributed by atoms with Crippen molar-refractivity contribution in [3.63, 3.8) is 0 Å². The summed E-state index contributed by atoms with van der Waals surface area (Å²) >= 11 is 0. The second-order valence-electron chi connectivity index (χ2n) is 5.49. The smallest absolute Gasteiger partial charge is 0.253 e. The summed E-state index contributed by atoms with van der Waals surface area (Å²) in [6.45, 7) is 4.80. The topological polar surface area (TPSA) is 64.8 Å². The number of nitrogens with zero attached hydrogens (tertiary/aromatic N) is 1. The van der Waals surface area contributed by atoms with Gasteiger partial charge in [0.25, 0.3) is 5.91 Å². The summed E-state index contributed by atoms with van der Waals surface area (Å²) in [7, 11) is 4.91. The maximum Gasteiger partial charge on any atom is 0.253 e. The van der Waals surface area contributed by atoms with Crippen molar-refractivity contribution in [1.82, 2.24) is 4.90 Å². The first-order chi connectivity index (χ1) is 9.90. The zero-order valence-corrected chi connectivity index (χ0v) is 14.8. The third kappa shape index (κ3) is 5.39. The summed E-state index contributed by atoms with van der Waals surface area (Å²) in [6.07, 6.45) is 0.785. The molecule has 1 atom stereocenters. The van der Waals surface area contributed by atoms with Crippen LogP contribution in [0.2, 0.25) is 0 Å². The van der Waals surface area contributed by atoms with E-state index in [-0.39, 0.29) is 24.4 Å². The number of methoxy groups -OCH3 is 2. The van der Waals surface area contributed by atoms with Gasteiger partial charge in [0.15, 0.2) is 11.5 Å². The van der Waals surface area contributed by atoms with Crippen LogP contribution >= 0.6 is 12.4 Å². The Hall–Kier alpha value is -1.46. The number of benzene rings is 1. The van der Waals surface area contributed by atoms with Crippen molar-refractivity contribution in [2.75, 3.05) is 27.8 Å². The minimum atomic E-state index is -0.0492. The summed E-state index contributed by atoms with van der Waals surface area (Å²) in [5, 5.41) is 0. The molecule has 1 rings (SSSR count). The number of nitrogens with two attached hydrogens (primary N) is 1. The Kier molecular flexibility index (Phi) is 8.90. The standard InChI is InChI=1S/C16H26N2O3.ClH/c1-11(2)13(17)8-9-18(3)16(19)12-6-7-14(20-4)15(10-12)21-5;/h6-7,10-11,13H,8-9,17H2,1-5H3;1H. The molecule has 1 unspecified atom stereocenters. The van der Waals surface area contributed by atoms with Gasteiger partial charge in [-0.05, 0) is 30.5 Å². The fourth-order valence-corrected chi connectivity index (χ4v) is 1.97. The highest BCUT2D eigenvalue weighted by Crippen LogP contribution is 2.27. The molecule has 5 nitrogen and oxygen atoms in total. The number of halogens is 1. The van der Waals surface area contributed by atoms with Crippen LogP contribution < -0.4 is 15.2 Å². The molecule has 6 heteroatoms. The van der Waals surface area contributed by atoms with E-state index in [1.54, 1.807) is 44.4 Å². The van der Waals surface area contributed by atoms with Crippen molar-refractivity contribution >= 4 is 18.3 Å². The predicted octanol–water partition coefficient (Wildman–Crippen LogP) is 2.57. The molecule has 0 aliphatic heterocycles. The highest BCUT2D eigenvalue weighted by Gasteiger charge is 2.16. The molecular formula is C16H27ClN2O3. The molecule has 0 heterocycles. The van der Waals surface area contributed by atoms with E-state index in [0.717, 1.165) is 6.42 Å². The lowest BCUT2D eigenvalue weighted by atomic mass is 10.0. The molecule has 1 aromatic carbocycles. The van der Waals surface area contributed by atoms with E-state index in [2.05, 4.69) is 13.8 Å². The van der Waals surface area contributed by atoms with E-state index in [0.29, 0.717) is 29.5 Å². The minimum Gasteiger partial charge on any atom is -0.493 e. The monoisotopic (exact) mass is 330 g/mol. The molecule has 1 aromatic rings. The number of hydrogen-bond donors (Lipinski definition) is 1. The van der Waals surface area contributed by atoms with Gasteiger partial charge in [-0.25, -0.2) is 0 Å². The van der Waals surface area contributed by atoms with Crippen LogP contribution in [-0.2, 0) is 0 Å². The van der Waals surface area contributed by atoms with Crippen molar-refractivity contribution in [3.05, 3.63) is 23.8 Å². The predicted molar refractivity (Wildman–Crippen MR) is 91.2 cm³/mol. The second kappa shape index (κ2) is 9.54. The number of ether oxygens (including phenoxy) is 2. The first kappa shape index (κ1) is 20.5. The molecule has 0 saturated heterocycles. The lowest BCUT2D eigenvalue weighted by Gasteiger charge is -2.22. The van der Waals surface area contributed by atoms with Crippen LogP contribution in [0.3, 0.4) is 0 Å². The molecule has 0 fully saturated rings. The van der Waals surface area contributed by atoms with Crippen molar-refractivity contribution in [2.24, 2.45) is 11.7 Å². The Morgan fingerprint density at radius 3 is 2.32 bits per heavy atom. The third-order valence-corrected chi connectivity index (χ3v) is 3.63. The number of hydrogen-bond acceptors (Lipinski definition) is 4. The van der Waals surface area contributed by atoms with E-state index in [1.165, 1.54) is 0 Å². The molecular weight excluding hydrogens is 304 g/mol. The van der Waals surface area contributed by atoms with Gasteiger partial charge in [0.2, 0.25) is 0 Å². The molecule has 0 saturated carbocycles. The van der Waals surface area contributed by atoms with Gasteiger partial charge in [0.1, 0.15) is 0 Å². The summed E-state index contributed by atoms with van der Waals surface area (Å²) in [4.78, 5) is 14.1. The fraction of sp³-hybridized carbons (Fsp3) is 0.562. The molecule has 126 valence electrons. The van der Waals surface area contributed by atoms with Crippen LogP contribution in [0.4, 0.5) is 0 Å². The Morgan fingerprint density at radius 1 is 1.23 bits per heavy atom. The van der Waals surface area contributed by atoms with Gasteiger partial charge < -0.3 is 20.1 Å². The largest absolute Gasteiger partial charge is 0.493 e. The van der Waals surface area contributed by atoms with E-state index < -0.39 is 0 Å². The number of carbonyl (C=O) groups is 1. The number of rotatable bonds is 7. The molecule has 0 bridgehead atoms. The van der Waals surface area contributed by atoms with Gasteiger partial charge in [-0.15, -0.1) is 12.4 Å². The molecule has 2 N–H and O–H groups in total. The average molecular weight is 331 g/mol. The third-order valence-electron chi connectivity index (χ3n) is 3.63. The zero-order chi connectivity index (χ0) is 16.0. The van der Waals surface area contributed by atoms with Crippen LogP contribution in [0.5, 0.6) is 11.5 Å². The van der Waals surface area contributed by atoms with Gasteiger partial charge >= 0.3 is 0 Å². The maximum absolute atomic E-state index is 12.4. The SMILES string of the molecule is COc1ccc(C(=O)N(C)CCC(N)C(C)C)cc1OC.Cl. The molecule has 0 spiro atoms. The minimum absolute atomic E-state index is 0. The van der Waals surface area contributed by atoms with Crippen LogP contribution in [0.15, 0.2) is 18.2 Å². The highest BCUT2D eigenvalue weighted by molar-refractivity contribution is 5.94.